The number of carbonyl (C=O) groups excluding carboxylic acids is 1. The molecule has 2 N–H and O–H groups in total. The zero-order valence-corrected chi connectivity index (χ0v) is 15.9. The standard InChI is InChI=1S/C19H19N3OS2/c1-11(2)14-8-9-15-16(10-14)25-19(20-15)22-18(24)21-17(23)13-6-4-12(3)5-7-13/h4-11H,1-3H3,(H2,20,21,22,23,24). The predicted octanol–water partition coefficient (Wildman–Crippen LogP) is 4.85. The lowest BCUT2D eigenvalue weighted by molar-refractivity contribution is 0.0977. The van der Waals surface area contributed by atoms with Crippen molar-refractivity contribution in [1.82, 2.24) is 10.3 Å². The number of benzene rings is 2. The van der Waals surface area contributed by atoms with Gasteiger partial charge in [0.05, 0.1) is 10.2 Å². The molecule has 0 radical (unpaired) electrons. The number of hydrogen-bond acceptors (Lipinski definition) is 4. The van der Waals surface area contributed by atoms with E-state index in [4.69, 9.17) is 12.2 Å². The zero-order valence-electron chi connectivity index (χ0n) is 14.3. The maximum absolute atomic E-state index is 12.2. The average molecular weight is 370 g/mol. The summed E-state index contributed by atoms with van der Waals surface area (Å²) in [7, 11) is 0. The molecule has 0 unspecified atom stereocenters. The minimum Gasteiger partial charge on any atom is -0.308 e. The van der Waals surface area contributed by atoms with E-state index in [1.807, 2.05) is 25.1 Å². The van der Waals surface area contributed by atoms with Crippen LogP contribution in [0, 0.1) is 6.92 Å². The number of aromatic nitrogens is 1. The van der Waals surface area contributed by atoms with E-state index in [0.717, 1.165) is 15.8 Å². The second-order valence-corrected chi connectivity index (χ2v) is 7.61. The maximum atomic E-state index is 12.2. The van der Waals surface area contributed by atoms with E-state index in [-0.39, 0.29) is 11.0 Å². The number of rotatable bonds is 3. The third-order valence-electron chi connectivity index (χ3n) is 3.84. The Kier molecular flexibility index (Phi) is 5.11. The molecule has 4 nitrogen and oxygen atoms in total. The summed E-state index contributed by atoms with van der Waals surface area (Å²) in [4.78, 5) is 16.7. The SMILES string of the molecule is Cc1ccc(C(=O)NC(=S)Nc2nc3ccc(C(C)C)cc3s2)cc1. The van der Waals surface area contributed by atoms with Gasteiger partial charge in [0.25, 0.3) is 5.91 Å². The highest BCUT2D eigenvalue weighted by Crippen LogP contribution is 2.28. The van der Waals surface area contributed by atoms with E-state index in [1.165, 1.54) is 16.9 Å². The van der Waals surface area contributed by atoms with Gasteiger partial charge in [0.2, 0.25) is 0 Å². The van der Waals surface area contributed by atoms with Crippen LogP contribution in [-0.2, 0) is 0 Å². The molecule has 0 saturated heterocycles. The molecule has 0 aliphatic carbocycles. The van der Waals surface area contributed by atoms with Gasteiger partial charge in [-0.1, -0.05) is 48.9 Å². The van der Waals surface area contributed by atoms with Crippen LogP contribution in [0.5, 0.6) is 0 Å². The lowest BCUT2D eigenvalue weighted by atomic mass is 10.0. The molecule has 1 aromatic heterocycles. The minimum atomic E-state index is -0.235. The second-order valence-electron chi connectivity index (χ2n) is 6.18. The van der Waals surface area contributed by atoms with Gasteiger partial charge in [0, 0.05) is 5.56 Å². The molecule has 1 heterocycles. The molecule has 0 spiro atoms. The van der Waals surface area contributed by atoms with Crippen molar-refractivity contribution in [3.8, 4) is 0 Å². The van der Waals surface area contributed by atoms with E-state index in [9.17, 15) is 4.79 Å². The topological polar surface area (TPSA) is 54.0 Å². The molecule has 0 bridgehead atoms. The molecule has 1 amide bonds. The van der Waals surface area contributed by atoms with Crippen LogP contribution >= 0.6 is 23.6 Å². The summed E-state index contributed by atoms with van der Waals surface area (Å²) in [5.74, 6) is 0.235. The molecule has 0 aliphatic heterocycles. The fourth-order valence-electron chi connectivity index (χ4n) is 2.36. The number of nitrogens with one attached hydrogen (secondary N) is 2. The van der Waals surface area contributed by atoms with Crippen molar-refractivity contribution >= 4 is 49.9 Å². The fourth-order valence-corrected chi connectivity index (χ4v) is 3.54. The highest BCUT2D eigenvalue weighted by atomic mass is 32.1. The molecule has 2 aromatic carbocycles. The summed E-state index contributed by atoms with van der Waals surface area (Å²) in [6, 6.07) is 13.6. The van der Waals surface area contributed by atoms with Crippen LogP contribution in [0.3, 0.4) is 0 Å². The van der Waals surface area contributed by atoms with Gasteiger partial charge in [0.1, 0.15) is 0 Å². The second kappa shape index (κ2) is 7.29. The quantitative estimate of drug-likeness (QED) is 0.648. The Hall–Kier alpha value is -2.31. The van der Waals surface area contributed by atoms with Crippen molar-refractivity contribution in [3.63, 3.8) is 0 Å². The van der Waals surface area contributed by atoms with Gasteiger partial charge in [-0.3, -0.25) is 10.1 Å². The summed E-state index contributed by atoms with van der Waals surface area (Å²) in [6.45, 7) is 6.31. The van der Waals surface area contributed by atoms with Crippen LogP contribution in [0.1, 0.15) is 41.3 Å². The number of hydrogen-bond donors (Lipinski definition) is 2. The first-order valence-electron chi connectivity index (χ1n) is 8.02. The van der Waals surface area contributed by atoms with Crippen LogP contribution in [0.25, 0.3) is 10.2 Å². The molecule has 25 heavy (non-hydrogen) atoms. The summed E-state index contributed by atoms with van der Waals surface area (Å²) in [5.41, 5.74) is 3.87. The lowest BCUT2D eigenvalue weighted by Crippen LogP contribution is -2.34. The largest absolute Gasteiger partial charge is 0.308 e. The van der Waals surface area contributed by atoms with Crippen LogP contribution in [0.4, 0.5) is 5.13 Å². The number of aryl methyl sites for hydroxylation is 1. The Bertz CT molecular complexity index is 929. The van der Waals surface area contributed by atoms with Gasteiger partial charge in [0.15, 0.2) is 10.2 Å². The predicted molar refractivity (Wildman–Crippen MR) is 109 cm³/mol. The number of thiazole rings is 1. The number of thiocarbonyl (C=S) groups is 1. The van der Waals surface area contributed by atoms with Gasteiger partial charge >= 0.3 is 0 Å². The van der Waals surface area contributed by atoms with Crippen LogP contribution in [-0.4, -0.2) is 16.0 Å². The monoisotopic (exact) mass is 369 g/mol. The first-order valence-corrected chi connectivity index (χ1v) is 9.24. The number of anilines is 1. The molecule has 0 aliphatic rings. The fraction of sp³-hybridized carbons (Fsp3) is 0.211. The molecule has 3 aromatic rings. The minimum absolute atomic E-state index is 0.235. The van der Waals surface area contributed by atoms with Gasteiger partial charge in [-0.2, -0.15) is 0 Å². The molecule has 0 atom stereocenters. The van der Waals surface area contributed by atoms with Crippen LogP contribution < -0.4 is 10.6 Å². The van der Waals surface area contributed by atoms with Crippen LogP contribution in [0.15, 0.2) is 42.5 Å². The Balaban J connectivity index is 1.69. The zero-order chi connectivity index (χ0) is 18.0. The third kappa shape index (κ3) is 4.21. The van der Waals surface area contributed by atoms with E-state index in [2.05, 4.69) is 41.6 Å². The molecular formula is C19H19N3OS2. The van der Waals surface area contributed by atoms with E-state index in [1.54, 1.807) is 12.1 Å². The maximum Gasteiger partial charge on any atom is 0.257 e. The van der Waals surface area contributed by atoms with Gasteiger partial charge in [-0.05, 0) is 54.9 Å². The Labute approximate surface area is 156 Å². The van der Waals surface area contributed by atoms with Crippen LogP contribution in [0.2, 0.25) is 0 Å². The number of amides is 1. The smallest absolute Gasteiger partial charge is 0.257 e. The Morgan fingerprint density at radius 1 is 1.16 bits per heavy atom. The number of carbonyl (C=O) groups is 1. The average Bonchev–Trinajstić information content (AvgIpc) is 2.96. The van der Waals surface area contributed by atoms with Gasteiger partial charge in [-0.15, -0.1) is 0 Å². The van der Waals surface area contributed by atoms with Crippen molar-refractivity contribution in [2.75, 3.05) is 5.32 Å². The van der Waals surface area contributed by atoms with Crippen molar-refractivity contribution < 1.29 is 4.79 Å². The molecule has 3 rings (SSSR count). The van der Waals surface area contributed by atoms with E-state index in [0.29, 0.717) is 16.6 Å². The van der Waals surface area contributed by atoms with Crippen molar-refractivity contribution in [3.05, 3.63) is 59.2 Å². The highest BCUT2D eigenvalue weighted by molar-refractivity contribution is 7.80. The Morgan fingerprint density at radius 2 is 1.88 bits per heavy atom. The van der Waals surface area contributed by atoms with Crippen molar-refractivity contribution in [2.45, 2.75) is 26.7 Å². The van der Waals surface area contributed by atoms with Gasteiger partial charge < -0.3 is 5.32 Å². The van der Waals surface area contributed by atoms with E-state index < -0.39 is 0 Å². The molecule has 0 saturated carbocycles. The van der Waals surface area contributed by atoms with E-state index >= 15 is 0 Å². The summed E-state index contributed by atoms with van der Waals surface area (Å²) < 4.78 is 1.10. The molecule has 0 fully saturated rings. The third-order valence-corrected chi connectivity index (χ3v) is 4.98. The number of fused-ring (bicyclic) bond motifs is 1. The lowest BCUT2D eigenvalue weighted by Gasteiger charge is -2.07. The summed E-state index contributed by atoms with van der Waals surface area (Å²) >= 11 is 6.75. The first kappa shape index (κ1) is 17.5. The Morgan fingerprint density at radius 3 is 2.56 bits per heavy atom. The van der Waals surface area contributed by atoms with Crippen molar-refractivity contribution in [2.24, 2.45) is 0 Å². The van der Waals surface area contributed by atoms with Gasteiger partial charge in [-0.25, -0.2) is 4.98 Å². The molecule has 6 heteroatoms. The molecule has 128 valence electrons. The normalized spacial score (nSPS) is 10.9. The summed E-state index contributed by atoms with van der Waals surface area (Å²) in [5, 5.41) is 6.60. The molecular weight excluding hydrogens is 350 g/mol. The highest BCUT2D eigenvalue weighted by Gasteiger charge is 2.11. The summed E-state index contributed by atoms with van der Waals surface area (Å²) in [6.07, 6.45) is 0. The number of nitrogens with zero attached hydrogens (tertiary/aromatic N) is 1. The first-order chi connectivity index (χ1) is 11.9. The van der Waals surface area contributed by atoms with Crippen molar-refractivity contribution in [1.29, 1.82) is 0 Å².